The third-order valence-corrected chi connectivity index (χ3v) is 9.81. The third-order valence-electron chi connectivity index (χ3n) is 7.74. The minimum Gasteiger partial charge on any atom is -0.388 e. The number of ether oxygens (including phenoxy) is 2. The summed E-state index contributed by atoms with van der Waals surface area (Å²) in [5.41, 5.74) is 1.13. The van der Waals surface area contributed by atoms with E-state index in [2.05, 4.69) is 26.7 Å². The largest absolute Gasteiger partial charge is 0.388 e. The molecule has 236 valence electrons. The van der Waals surface area contributed by atoms with Crippen LogP contribution in [0.1, 0.15) is 13.3 Å². The number of hydrogen-bond acceptors (Lipinski definition) is 12. The maximum Gasteiger partial charge on any atom is 0.240 e. The van der Waals surface area contributed by atoms with Gasteiger partial charge in [-0.15, -0.1) is 23.5 Å². The van der Waals surface area contributed by atoms with Crippen molar-refractivity contribution in [2.24, 2.45) is 5.92 Å². The zero-order valence-corrected chi connectivity index (χ0v) is 26.6. The Hall–Kier alpha value is -1.75. The first kappa shape index (κ1) is 34.1. The summed E-state index contributed by atoms with van der Waals surface area (Å²) in [6, 6.07) is 6.70. The lowest BCUT2D eigenvalue weighted by Crippen LogP contribution is -2.65. The van der Waals surface area contributed by atoms with Gasteiger partial charge in [0.1, 0.15) is 42.2 Å². The molecule has 0 saturated carbocycles. The molecule has 14 heteroatoms. The highest BCUT2D eigenvalue weighted by Crippen LogP contribution is 2.35. The van der Waals surface area contributed by atoms with Gasteiger partial charge in [0.15, 0.2) is 0 Å². The monoisotopic (exact) mass is 654 g/mol. The summed E-state index contributed by atoms with van der Waals surface area (Å²) in [4.78, 5) is 22.8. The summed E-state index contributed by atoms with van der Waals surface area (Å²) in [6.07, 6.45) is 7.77. The van der Waals surface area contributed by atoms with Gasteiger partial charge >= 0.3 is 0 Å². The smallest absolute Gasteiger partial charge is 0.240 e. The molecule has 0 radical (unpaired) electrons. The van der Waals surface area contributed by atoms with Crippen LogP contribution in [0.2, 0.25) is 0 Å². The second-order valence-corrected chi connectivity index (χ2v) is 13.2. The van der Waals surface area contributed by atoms with Crippen molar-refractivity contribution in [3.05, 3.63) is 55.1 Å². The van der Waals surface area contributed by atoms with Crippen molar-refractivity contribution >= 4 is 41.6 Å². The first-order valence-electron chi connectivity index (χ1n) is 14.0. The molecule has 2 fully saturated rings. The molecule has 0 bridgehead atoms. The fourth-order valence-corrected chi connectivity index (χ4v) is 7.30. The Morgan fingerprint density at radius 1 is 1.07 bits per heavy atom. The predicted molar refractivity (Wildman–Crippen MR) is 168 cm³/mol. The van der Waals surface area contributed by atoms with Gasteiger partial charge in [-0.25, -0.2) is 9.97 Å². The lowest BCUT2D eigenvalue weighted by Gasteiger charge is -2.44. The Bertz CT molecular complexity index is 1180. The number of hydrogen-bond donors (Lipinski definition) is 5. The van der Waals surface area contributed by atoms with Crippen LogP contribution in [-0.4, -0.2) is 110 Å². The standard InChI is InChI=1S/C28H36N4O6S2.CH3FS/c1-15(40-19-8-6-16(7-9-19)18-11-29-14-30-12-18)20(26-23(34)22(33)24(35)28(38-26)39-2)32-27(36)21-25-17(13-31-21)5-3-4-10-37-25;1-3-2/h3-4,6-9,11-12,14-15,17,20-26,28,31,33-35H,5,10,13H2,1-2H3,(H,32,36);1H3/t15-,17-,20+,21-,22+,23?,24+,25+,26+,28?;/m0./s1. The maximum atomic E-state index is 13.7. The normalized spacial score (nSPS) is 31.6. The van der Waals surface area contributed by atoms with E-state index in [4.69, 9.17) is 9.47 Å². The van der Waals surface area contributed by atoms with Crippen molar-refractivity contribution in [1.82, 2.24) is 20.6 Å². The molecule has 43 heavy (non-hydrogen) atoms. The fraction of sp³-hybridized carbons (Fsp3) is 0.552. The highest BCUT2D eigenvalue weighted by atomic mass is 32.2. The van der Waals surface area contributed by atoms with Gasteiger partial charge in [-0.1, -0.05) is 31.2 Å². The molecule has 1 aromatic heterocycles. The van der Waals surface area contributed by atoms with Crippen LogP contribution in [0, 0.1) is 5.92 Å². The Labute approximate surface area is 264 Å². The average molecular weight is 655 g/mol. The first-order chi connectivity index (χ1) is 20.8. The molecule has 2 unspecified atom stereocenters. The summed E-state index contributed by atoms with van der Waals surface area (Å²) in [5.74, 6) is -0.0500. The maximum absolute atomic E-state index is 13.7. The van der Waals surface area contributed by atoms with E-state index in [1.807, 2.05) is 37.3 Å². The number of fused-ring (bicyclic) bond motifs is 1. The minimum absolute atomic E-state index is 0.197. The molecule has 10 nitrogen and oxygen atoms in total. The summed E-state index contributed by atoms with van der Waals surface area (Å²) in [6.45, 7) is 3.08. The fourth-order valence-electron chi connectivity index (χ4n) is 5.53. The summed E-state index contributed by atoms with van der Waals surface area (Å²) in [7, 11) is 0. The van der Waals surface area contributed by atoms with Gasteiger partial charge in [-0.3, -0.25) is 4.79 Å². The van der Waals surface area contributed by atoms with Gasteiger partial charge in [-0.2, -0.15) is 3.89 Å². The van der Waals surface area contributed by atoms with Crippen molar-refractivity contribution in [2.75, 3.05) is 25.7 Å². The van der Waals surface area contributed by atoms with E-state index in [0.717, 1.165) is 22.4 Å². The lowest BCUT2D eigenvalue weighted by molar-refractivity contribution is -0.205. The van der Waals surface area contributed by atoms with Crippen molar-refractivity contribution in [2.45, 2.75) is 71.5 Å². The van der Waals surface area contributed by atoms with Crippen LogP contribution in [0.4, 0.5) is 3.89 Å². The number of nitrogens with zero attached hydrogens (tertiary/aromatic N) is 2. The highest BCUT2D eigenvalue weighted by Gasteiger charge is 2.49. The topological polar surface area (TPSA) is 146 Å². The zero-order chi connectivity index (χ0) is 30.9. The van der Waals surface area contributed by atoms with Gasteiger partial charge in [0, 0.05) is 59.0 Å². The molecular formula is C29H39FN4O6S3. The Morgan fingerprint density at radius 3 is 2.44 bits per heavy atom. The number of allylic oxidation sites excluding steroid dienone is 1. The first-order valence-corrected chi connectivity index (χ1v) is 17.3. The quantitative estimate of drug-likeness (QED) is 0.211. The van der Waals surface area contributed by atoms with Crippen LogP contribution in [0.3, 0.4) is 0 Å². The number of aromatic nitrogens is 2. The van der Waals surface area contributed by atoms with Gasteiger partial charge < -0.3 is 35.4 Å². The average Bonchev–Trinajstić information content (AvgIpc) is 3.28. The highest BCUT2D eigenvalue weighted by molar-refractivity contribution is 8.00. The molecule has 1 aromatic carbocycles. The minimum atomic E-state index is -1.41. The number of aliphatic hydroxyl groups excluding tert-OH is 3. The van der Waals surface area contributed by atoms with Gasteiger partial charge in [0.05, 0.1) is 18.8 Å². The number of thioether (sulfide) groups is 2. The number of amides is 1. The van der Waals surface area contributed by atoms with E-state index >= 15 is 0 Å². The van der Waals surface area contributed by atoms with E-state index in [9.17, 15) is 24.0 Å². The summed E-state index contributed by atoms with van der Waals surface area (Å²) in [5, 5.41) is 38.2. The van der Waals surface area contributed by atoms with E-state index in [0.29, 0.717) is 13.2 Å². The van der Waals surface area contributed by atoms with E-state index in [1.165, 1.54) is 36.1 Å². The van der Waals surface area contributed by atoms with Crippen LogP contribution >= 0.6 is 35.7 Å². The van der Waals surface area contributed by atoms with Crippen molar-refractivity contribution in [3.63, 3.8) is 0 Å². The van der Waals surface area contributed by atoms with Gasteiger partial charge in [0.25, 0.3) is 0 Å². The molecular weight excluding hydrogens is 616 g/mol. The van der Waals surface area contributed by atoms with Crippen LogP contribution in [-0.2, 0) is 14.3 Å². The number of carbonyl (C=O) groups is 1. The third kappa shape index (κ3) is 8.50. The molecule has 0 aliphatic carbocycles. The second-order valence-electron chi connectivity index (χ2n) is 10.5. The summed E-state index contributed by atoms with van der Waals surface area (Å²) < 4.78 is 22.3. The Morgan fingerprint density at radius 2 is 1.77 bits per heavy atom. The lowest BCUT2D eigenvalue weighted by atomic mass is 9.92. The van der Waals surface area contributed by atoms with Crippen molar-refractivity contribution < 1.29 is 33.5 Å². The van der Waals surface area contributed by atoms with Crippen LogP contribution in [0.25, 0.3) is 11.1 Å². The van der Waals surface area contributed by atoms with Crippen molar-refractivity contribution in [3.8, 4) is 11.1 Å². The SMILES string of the molecule is CSC1O[C@H]([C@H](NC(=O)[C@H]2NC[C@@H]3CC=CCO[C@H]32)[C@H](C)Sc2ccc(-c3cncnc3)cc2)C(O)[C@@H](O)[C@H]1O.CSF. The molecule has 4 heterocycles. The second kappa shape index (κ2) is 16.5. The van der Waals surface area contributed by atoms with Crippen LogP contribution in [0.15, 0.2) is 60.0 Å². The number of carbonyl (C=O) groups excluding carboxylic acids is 1. The Kier molecular flexibility index (Phi) is 13.1. The molecule has 3 aliphatic rings. The molecule has 5 N–H and O–H groups in total. The van der Waals surface area contributed by atoms with E-state index in [-0.39, 0.29) is 35.3 Å². The van der Waals surface area contributed by atoms with E-state index < -0.39 is 41.9 Å². The van der Waals surface area contributed by atoms with Crippen LogP contribution < -0.4 is 10.6 Å². The molecule has 3 aliphatic heterocycles. The van der Waals surface area contributed by atoms with E-state index in [1.54, 1.807) is 18.6 Å². The molecule has 2 aromatic rings. The van der Waals surface area contributed by atoms with Gasteiger partial charge in [-0.05, 0) is 30.4 Å². The number of aliphatic hydroxyl groups is 3. The number of nitrogens with one attached hydrogen (secondary N) is 2. The van der Waals surface area contributed by atoms with Crippen molar-refractivity contribution in [1.29, 1.82) is 0 Å². The molecule has 2 saturated heterocycles. The Balaban J connectivity index is 0.00000135. The van der Waals surface area contributed by atoms with Gasteiger partial charge in [0.2, 0.25) is 5.91 Å². The van der Waals surface area contributed by atoms with Crippen LogP contribution in [0.5, 0.6) is 0 Å². The zero-order valence-electron chi connectivity index (χ0n) is 24.2. The number of rotatable bonds is 8. The molecule has 0 spiro atoms. The summed E-state index contributed by atoms with van der Waals surface area (Å²) >= 11 is 3.02. The molecule has 1 amide bonds. The number of benzene rings is 1. The number of halogens is 1. The molecule has 10 atom stereocenters. The molecule has 5 rings (SSSR count). The predicted octanol–water partition coefficient (Wildman–Crippen LogP) is 2.45.